The summed E-state index contributed by atoms with van der Waals surface area (Å²) < 4.78 is 0. The van der Waals surface area contributed by atoms with Crippen molar-refractivity contribution in [1.29, 1.82) is 0 Å². The number of carbonyl (C=O) groups is 2. The molecule has 2 aromatic carbocycles. The summed E-state index contributed by atoms with van der Waals surface area (Å²) in [6.07, 6.45) is 0.743. The highest BCUT2D eigenvalue weighted by Crippen LogP contribution is 2.39. The molecule has 2 aromatic rings. The third-order valence-corrected chi connectivity index (χ3v) is 5.44. The van der Waals surface area contributed by atoms with Crippen LogP contribution in [-0.4, -0.2) is 53.8 Å². The average molecular weight is 392 g/mol. The summed E-state index contributed by atoms with van der Waals surface area (Å²) in [5.41, 5.74) is 3.66. The molecule has 1 atom stereocenters. The van der Waals surface area contributed by atoms with Crippen LogP contribution in [0.15, 0.2) is 54.1 Å². The van der Waals surface area contributed by atoms with Crippen molar-refractivity contribution in [1.82, 2.24) is 9.80 Å². The maximum Gasteiger partial charge on any atom is 0.295 e. The van der Waals surface area contributed by atoms with E-state index in [2.05, 4.69) is 0 Å². The summed E-state index contributed by atoms with van der Waals surface area (Å²) >= 11 is 0. The van der Waals surface area contributed by atoms with Crippen LogP contribution in [-0.2, 0) is 9.59 Å². The molecule has 0 spiro atoms. The van der Waals surface area contributed by atoms with Crippen molar-refractivity contribution in [3.63, 3.8) is 0 Å². The summed E-state index contributed by atoms with van der Waals surface area (Å²) in [4.78, 5) is 29.4. The maximum atomic E-state index is 12.9. The van der Waals surface area contributed by atoms with E-state index < -0.39 is 17.7 Å². The molecular weight excluding hydrogens is 364 g/mol. The topological polar surface area (TPSA) is 60.9 Å². The molecule has 1 aliphatic rings. The SMILES string of the molecule is Cc1ccc(/C(O)=C2/C(=O)C(=O)N(CCCN(C)C)C2c2ccccc2)cc1C. The third-order valence-electron chi connectivity index (χ3n) is 5.44. The largest absolute Gasteiger partial charge is 0.507 e. The predicted molar refractivity (Wildman–Crippen MR) is 115 cm³/mol. The lowest BCUT2D eigenvalue weighted by Crippen LogP contribution is -2.32. The summed E-state index contributed by atoms with van der Waals surface area (Å²) in [7, 11) is 3.95. The van der Waals surface area contributed by atoms with Gasteiger partial charge in [0.05, 0.1) is 11.6 Å². The van der Waals surface area contributed by atoms with Crippen LogP contribution in [0.1, 0.15) is 34.7 Å². The Morgan fingerprint density at radius 3 is 2.34 bits per heavy atom. The number of aliphatic hydroxyl groups is 1. The van der Waals surface area contributed by atoms with Crippen molar-refractivity contribution < 1.29 is 14.7 Å². The van der Waals surface area contributed by atoms with Gasteiger partial charge in [0.2, 0.25) is 0 Å². The Morgan fingerprint density at radius 2 is 1.72 bits per heavy atom. The standard InChI is InChI=1S/C24H28N2O3/c1-16-11-12-19(15-17(16)2)22(27)20-21(18-9-6-5-7-10-18)26(24(29)23(20)28)14-8-13-25(3)4/h5-7,9-12,15,21,27H,8,13-14H2,1-4H3/b22-20-. The van der Waals surface area contributed by atoms with Crippen molar-refractivity contribution in [2.24, 2.45) is 0 Å². The van der Waals surface area contributed by atoms with Gasteiger partial charge < -0.3 is 14.9 Å². The fourth-order valence-electron chi connectivity index (χ4n) is 3.69. The summed E-state index contributed by atoms with van der Waals surface area (Å²) in [5.74, 6) is -1.29. The number of hydrogen-bond donors (Lipinski definition) is 1. The number of rotatable bonds is 6. The molecule has 0 radical (unpaired) electrons. The summed E-state index contributed by atoms with van der Waals surface area (Å²) in [5, 5.41) is 11.1. The predicted octanol–water partition coefficient (Wildman–Crippen LogP) is 3.68. The van der Waals surface area contributed by atoms with E-state index in [0.717, 1.165) is 29.7 Å². The highest BCUT2D eigenvalue weighted by Gasteiger charge is 2.45. The Morgan fingerprint density at radius 1 is 1.03 bits per heavy atom. The van der Waals surface area contributed by atoms with E-state index in [1.54, 1.807) is 11.0 Å². The van der Waals surface area contributed by atoms with Gasteiger partial charge in [-0.2, -0.15) is 0 Å². The highest BCUT2D eigenvalue weighted by molar-refractivity contribution is 6.46. The lowest BCUT2D eigenvalue weighted by Gasteiger charge is -2.26. The average Bonchev–Trinajstić information content (AvgIpc) is 2.95. The normalized spacial score (nSPS) is 18.7. The van der Waals surface area contributed by atoms with Gasteiger partial charge in [0, 0.05) is 12.1 Å². The second kappa shape index (κ2) is 8.62. The Bertz CT molecular complexity index is 948. The van der Waals surface area contributed by atoms with Crippen LogP contribution in [0, 0.1) is 13.8 Å². The molecule has 1 aliphatic heterocycles. The molecule has 0 saturated carbocycles. The van der Waals surface area contributed by atoms with E-state index in [1.165, 1.54) is 0 Å². The Balaban J connectivity index is 2.09. The number of benzene rings is 2. The molecule has 1 N–H and O–H groups in total. The molecule has 152 valence electrons. The van der Waals surface area contributed by atoms with Gasteiger partial charge >= 0.3 is 0 Å². The second-order valence-corrected chi connectivity index (χ2v) is 7.86. The zero-order valence-corrected chi connectivity index (χ0v) is 17.5. The minimum Gasteiger partial charge on any atom is -0.507 e. The molecule has 0 aliphatic carbocycles. The number of hydrogen-bond acceptors (Lipinski definition) is 4. The van der Waals surface area contributed by atoms with Gasteiger partial charge in [0.15, 0.2) is 0 Å². The molecule has 5 heteroatoms. The number of aliphatic hydroxyl groups excluding tert-OH is 1. The Kier molecular flexibility index (Phi) is 6.18. The van der Waals surface area contributed by atoms with Crippen LogP contribution in [0.4, 0.5) is 0 Å². The second-order valence-electron chi connectivity index (χ2n) is 7.86. The van der Waals surface area contributed by atoms with E-state index in [0.29, 0.717) is 12.1 Å². The monoisotopic (exact) mass is 392 g/mol. The van der Waals surface area contributed by atoms with Crippen LogP contribution in [0.25, 0.3) is 5.76 Å². The fourth-order valence-corrected chi connectivity index (χ4v) is 3.69. The zero-order valence-electron chi connectivity index (χ0n) is 17.5. The molecule has 1 heterocycles. The first-order valence-corrected chi connectivity index (χ1v) is 9.87. The number of Topliss-reactive ketones (excluding diaryl/α,β-unsaturated/α-hetero) is 1. The number of aryl methyl sites for hydroxylation is 2. The van der Waals surface area contributed by atoms with Gasteiger partial charge in [-0.25, -0.2) is 0 Å². The van der Waals surface area contributed by atoms with Crippen LogP contribution in [0.3, 0.4) is 0 Å². The van der Waals surface area contributed by atoms with E-state index in [4.69, 9.17) is 0 Å². The zero-order chi connectivity index (χ0) is 21.1. The first kappa shape index (κ1) is 20.8. The van der Waals surface area contributed by atoms with Crippen molar-refractivity contribution >= 4 is 17.4 Å². The fraction of sp³-hybridized carbons (Fsp3) is 0.333. The molecular formula is C24H28N2O3. The van der Waals surface area contributed by atoms with Crippen LogP contribution in [0.5, 0.6) is 0 Å². The number of ketones is 1. The molecule has 1 amide bonds. The highest BCUT2D eigenvalue weighted by atomic mass is 16.3. The van der Waals surface area contributed by atoms with Crippen molar-refractivity contribution in [2.45, 2.75) is 26.3 Å². The van der Waals surface area contributed by atoms with Gasteiger partial charge in [-0.15, -0.1) is 0 Å². The molecule has 3 rings (SSSR count). The lowest BCUT2D eigenvalue weighted by molar-refractivity contribution is -0.139. The first-order valence-electron chi connectivity index (χ1n) is 9.87. The Labute approximate surface area is 172 Å². The molecule has 0 bridgehead atoms. The van der Waals surface area contributed by atoms with E-state index >= 15 is 0 Å². The minimum absolute atomic E-state index is 0.115. The lowest BCUT2D eigenvalue weighted by atomic mass is 9.94. The number of nitrogens with zero attached hydrogens (tertiary/aromatic N) is 2. The van der Waals surface area contributed by atoms with Crippen LogP contribution < -0.4 is 0 Å². The first-order chi connectivity index (χ1) is 13.8. The maximum absolute atomic E-state index is 12.9. The van der Waals surface area contributed by atoms with Crippen molar-refractivity contribution in [2.75, 3.05) is 27.2 Å². The van der Waals surface area contributed by atoms with Gasteiger partial charge in [-0.3, -0.25) is 9.59 Å². The molecule has 5 nitrogen and oxygen atoms in total. The van der Waals surface area contributed by atoms with Crippen LogP contribution >= 0.6 is 0 Å². The van der Waals surface area contributed by atoms with Gasteiger partial charge in [-0.05, 0) is 63.7 Å². The number of carbonyl (C=O) groups excluding carboxylic acids is 2. The molecule has 1 saturated heterocycles. The van der Waals surface area contributed by atoms with Gasteiger partial charge in [0.1, 0.15) is 5.76 Å². The minimum atomic E-state index is -0.626. The number of amides is 1. The Hall–Kier alpha value is -2.92. The van der Waals surface area contributed by atoms with Gasteiger partial charge in [0.25, 0.3) is 11.7 Å². The third kappa shape index (κ3) is 4.25. The van der Waals surface area contributed by atoms with E-state index in [9.17, 15) is 14.7 Å². The summed E-state index contributed by atoms with van der Waals surface area (Å²) in [6.45, 7) is 5.21. The van der Waals surface area contributed by atoms with Gasteiger partial charge in [-0.1, -0.05) is 42.5 Å². The van der Waals surface area contributed by atoms with E-state index in [1.807, 2.05) is 75.3 Å². The summed E-state index contributed by atoms with van der Waals surface area (Å²) in [6, 6.07) is 14.4. The van der Waals surface area contributed by atoms with Crippen molar-refractivity contribution in [3.8, 4) is 0 Å². The van der Waals surface area contributed by atoms with Crippen LogP contribution in [0.2, 0.25) is 0 Å². The smallest absolute Gasteiger partial charge is 0.295 e. The van der Waals surface area contributed by atoms with E-state index in [-0.39, 0.29) is 11.3 Å². The quantitative estimate of drug-likeness (QED) is 0.463. The molecule has 1 unspecified atom stereocenters. The molecule has 0 aromatic heterocycles. The molecule has 1 fully saturated rings. The molecule has 29 heavy (non-hydrogen) atoms. The number of likely N-dealkylation sites (tertiary alicyclic amines) is 1. The van der Waals surface area contributed by atoms with Crippen molar-refractivity contribution in [3.05, 3.63) is 76.4 Å².